The number of aliphatic carboxylic acids is 1. The van der Waals surface area contributed by atoms with Crippen molar-refractivity contribution in [1.29, 1.82) is 0 Å². The van der Waals surface area contributed by atoms with Gasteiger partial charge in [-0.15, -0.1) is 0 Å². The van der Waals surface area contributed by atoms with Gasteiger partial charge < -0.3 is 9.84 Å². The maximum Gasteiger partial charge on any atom is 0.303 e. The highest BCUT2D eigenvalue weighted by Crippen LogP contribution is 2.68. The van der Waals surface area contributed by atoms with E-state index < -0.39 is 5.97 Å². The molecule has 0 aromatic heterocycles. The first kappa shape index (κ1) is 23.8. The van der Waals surface area contributed by atoms with E-state index in [4.69, 9.17) is 4.74 Å². The molecular weight excluding hydrogens is 404 g/mol. The van der Waals surface area contributed by atoms with E-state index in [1.807, 2.05) is 0 Å². The molecule has 180 valence electrons. The van der Waals surface area contributed by atoms with Crippen LogP contribution in [0.1, 0.15) is 92.4 Å². The SMILES string of the molecule is CC(=O)O[C@@H]1C[C@@H]2C[C@H](C)C(=O)C[C@]2(C)[C@H]2CC[C@]3(C)[C@@H]([C@H](C)CCC(=O)O)CC[C@H]3[C@H]12. The summed E-state index contributed by atoms with van der Waals surface area (Å²) >= 11 is 0. The van der Waals surface area contributed by atoms with Crippen molar-refractivity contribution < 1.29 is 24.2 Å². The van der Waals surface area contributed by atoms with Crippen LogP contribution in [0.4, 0.5) is 0 Å². The number of carbonyl (C=O) groups is 3. The lowest BCUT2D eigenvalue weighted by Crippen LogP contribution is -2.60. The van der Waals surface area contributed by atoms with E-state index in [-0.39, 0.29) is 35.2 Å². The van der Waals surface area contributed by atoms with E-state index in [1.165, 1.54) is 6.92 Å². The van der Waals surface area contributed by atoms with E-state index >= 15 is 0 Å². The number of esters is 1. The maximum absolute atomic E-state index is 12.8. The van der Waals surface area contributed by atoms with E-state index in [0.717, 1.165) is 44.9 Å². The number of carboxylic acid groups (broad SMARTS) is 1. The van der Waals surface area contributed by atoms with Gasteiger partial charge in [0.05, 0.1) is 0 Å². The van der Waals surface area contributed by atoms with E-state index in [2.05, 4.69) is 27.7 Å². The van der Waals surface area contributed by atoms with Crippen LogP contribution in [0.2, 0.25) is 0 Å². The summed E-state index contributed by atoms with van der Waals surface area (Å²) in [5.41, 5.74) is 0.173. The molecule has 5 heteroatoms. The Morgan fingerprint density at radius 1 is 1.12 bits per heavy atom. The number of rotatable bonds is 5. The average Bonchev–Trinajstić information content (AvgIpc) is 3.05. The summed E-state index contributed by atoms with van der Waals surface area (Å²) in [5, 5.41) is 9.18. The van der Waals surface area contributed by atoms with E-state index in [1.54, 1.807) is 0 Å². The van der Waals surface area contributed by atoms with Crippen molar-refractivity contribution in [3.05, 3.63) is 0 Å². The zero-order chi connectivity index (χ0) is 23.4. The molecule has 0 unspecified atom stereocenters. The lowest BCUT2D eigenvalue weighted by Gasteiger charge is -2.62. The largest absolute Gasteiger partial charge is 0.481 e. The standard InChI is InChI=1S/C27H42O5/c1-15(6-9-24(30)31)19-7-8-20-25-21(10-11-26(19,20)4)27(5)14-22(29)16(2)12-18(27)13-23(25)32-17(3)28/h15-16,18-21,23,25H,6-14H2,1-5H3,(H,30,31)/t15-,16+,18+,19-,20+,21+,23-,25+,26-,27+/m1/s1. The van der Waals surface area contributed by atoms with Crippen molar-refractivity contribution in [2.24, 2.45) is 52.3 Å². The first-order valence-corrected chi connectivity index (χ1v) is 12.9. The third-order valence-electron chi connectivity index (χ3n) is 10.7. The predicted octanol–water partition coefficient (Wildman–Crippen LogP) is 5.50. The van der Waals surface area contributed by atoms with Crippen LogP contribution in [-0.4, -0.2) is 28.9 Å². The fraction of sp³-hybridized carbons (Fsp3) is 0.889. The first-order chi connectivity index (χ1) is 15.0. The van der Waals surface area contributed by atoms with Gasteiger partial charge in [0, 0.05) is 31.6 Å². The van der Waals surface area contributed by atoms with Crippen LogP contribution in [0.3, 0.4) is 0 Å². The molecule has 4 aliphatic rings. The minimum atomic E-state index is -0.711. The highest BCUT2D eigenvalue weighted by molar-refractivity contribution is 5.82. The molecule has 0 aromatic rings. The third-order valence-corrected chi connectivity index (χ3v) is 10.7. The van der Waals surface area contributed by atoms with Gasteiger partial charge in [-0.05, 0) is 85.4 Å². The molecule has 0 radical (unpaired) electrons. The summed E-state index contributed by atoms with van der Waals surface area (Å²) in [6.45, 7) is 10.6. The smallest absolute Gasteiger partial charge is 0.303 e. The normalized spacial score (nSPS) is 46.5. The first-order valence-electron chi connectivity index (χ1n) is 12.9. The molecule has 0 spiro atoms. The van der Waals surface area contributed by atoms with Gasteiger partial charge in [0.1, 0.15) is 11.9 Å². The summed E-state index contributed by atoms with van der Waals surface area (Å²) in [6.07, 6.45) is 7.90. The Morgan fingerprint density at radius 2 is 1.81 bits per heavy atom. The molecule has 0 bridgehead atoms. The Morgan fingerprint density at radius 3 is 2.47 bits per heavy atom. The second-order valence-corrected chi connectivity index (χ2v) is 12.3. The number of ketones is 1. The summed E-state index contributed by atoms with van der Waals surface area (Å²) in [5.74, 6) is 2.19. The number of hydrogen-bond acceptors (Lipinski definition) is 4. The Balaban J connectivity index is 1.64. The van der Waals surface area contributed by atoms with Gasteiger partial charge in [0.15, 0.2) is 0 Å². The molecule has 4 saturated carbocycles. The van der Waals surface area contributed by atoms with Gasteiger partial charge in [0.25, 0.3) is 0 Å². The molecule has 4 aliphatic carbocycles. The van der Waals surface area contributed by atoms with Gasteiger partial charge in [-0.3, -0.25) is 14.4 Å². The lowest BCUT2D eigenvalue weighted by molar-refractivity contribution is -0.192. The number of carboxylic acids is 1. The zero-order valence-electron chi connectivity index (χ0n) is 20.6. The quantitative estimate of drug-likeness (QED) is 0.564. The molecule has 10 atom stereocenters. The molecule has 4 fully saturated rings. The number of carbonyl (C=O) groups excluding carboxylic acids is 2. The van der Waals surface area contributed by atoms with Gasteiger partial charge >= 0.3 is 11.9 Å². The molecular formula is C27H42O5. The highest BCUT2D eigenvalue weighted by atomic mass is 16.5. The van der Waals surface area contributed by atoms with Crippen LogP contribution in [0, 0.1) is 52.3 Å². The Hall–Kier alpha value is -1.39. The molecule has 0 aromatic carbocycles. The second kappa shape index (κ2) is 8.43. The molecule has 0 saturated heterocycles. The van der Waals surface area contributed by atoms with Crippen LogP contribution < -0.4 is 0 Å². The monoisotopic (exact) mass is 446 g/mol. The molecule has 5 nitrogen and oxygen atoms in total. The Kier molecular flexibility index (Phi) is 6.26. The topological polar surface area (TPSA) is 80.7 Å². The third kappa shape index (κ3) is 3.81. The van der Waals surface area contributed by atoms with Crippen LogP contribution in [0.5, 0.6) is 0 Å². The number of Topliss-reactive ketones (excluding diaryl/α,β-unsaturated/α-hetero) is 1. The Labute approximate surface area is 193 Å². The Bertz CT molecular complexity index is 776. The van der Waals surface area contributed by atoms with Crippen molar-refractivity contribution in [2.45, 2.75) is 98.5 Å². The van der Waals surface area contributed by atoms with Crippen LogP contribution in [0.25, 0.3) is 0 Å². The zero-order valence-corrected chi connectivity index (χ0v) is 20.6. The van der Waals surface area contributed by atoms with Crippen molar-refractivity contribution >= 4 is 17.7 Å². The van der Waals surface area contributed by atoms with Gasteiger partial charge in [-0.2, -0.15) is 0 Å². The van der Waals surface area contributed by atoms with E-state index in [9.17, 15) is 19.5 Å². The van der Waals surface area contributed by atoms with E-state index in [0.29, 0.717) is 47.7 Å². The molecule has 4 rings (SSSR count). The summed E-state index contributed by atoms with van der Waals surface area (Å²) < 4.78 is 6.04. The van der Waals surface area contributed by atoms with Gasteiger partial charge in [-0.1, -0.05) is 27.7 Å². The minimum absolute atomic E-state index is 0.0131. The van der Waals surface area contributed by atoms with Crippen LogP contribution in [0.15, 0.2) is 0 Å². The predicted molar refractivity (Wildman–Crippen MR) is 122 cm³/mol. The second-order valence-electron chi connectivity index (χ2n) is 12.3. The molecule has 0 amide bonds. The summed E-state index contributed by atoms with van der Waals surface area (Å²) in [4.78, 5) is 36.1. The number of ether oxygens (including phenoxy) is 1. The molecule has 32 heavy (non-hydrogen) atoms. The fourth-order valence-electron chi connectivity index (χ4n) is 9.11. The van der Waals surface area contributed by atoms with Crippen LogP contribution in [-0.2, 0) is 19.1 Å². The van der Waals surface area contributed by atoms with Crippen molar-refractivity contribution in [2.75, 3.05) is 0 Å². The molecule has 0 heterocycles. The van der Waals surface area contributed by atoms with Gasteiger partial charge in [-0.25, -0.2) is 0 Å². The lowest BCUT2D eigenvalue weighted by atomic mass is 9.43. The van der Waals surface area contributed by atoms with Crippen LogP contribution >= 0.6 is 0 Å². The molecule has 0 aliphatic heterocycles. The average molecular weight is 447 g/mol. The van der Waals surface area contributed by atoms with Crippen molar-refractivity contribution in [1.82, 2.24) is 0 Å². The van der Waals surface area contributed by atoms with Crippen molar-refractivity contribution in [3.8, 4) is 0 Å². The summed E-state index contributed by atoms with van der Waals surface area (Å²) in [6, 6.07) is 0. The summed E-state index contributed by atoms with van der Waals surface area (Å²) in [7, 11) is 0. The van der Waals surface area contributed by atoms with Crippen molar-refractivity contribution in [3.63, 3.8) is 0 Å². The molecule has 1 N–H and O–H groups in total. The number of hydrogen-bond donors (Lipinski definition) is 1. The number of fused-ring (bicyclic) bond motifs is 5. The highest BCUT2D eigenvalue weighted by Gasteiger charge is 2.64. The minimum Gasteiger partial charge on any atom is -0.481 e. The fourth-order valence-corrected chi connectivity index (χ4v) is 9.11. The maximum atomic E-state index is 12.8. The van der Waals surface area contributed by atoms with Gasteiger partial charge in [0.2, 0.25) is 0 Å².